The number of amides is 1. The van der Waals surface area contributed by atoms with Crippen LogP contribution >= 0.6 is 11.8 Å². The van der Waals surface area contributed by atoms with Crippen LogP contribution in [0.5, 0.6) is 5.75 Å². The second-order valence-electron chi connectivity index (χ2n) is 4.33. The van der Waals surface area contributed by atoms with Gasteiger partial charge in [-0.15, -0.1) is 5.10 Å². The van der Waals surface area contributed by atoms with Crippen molar-refractivity contribution in [3.8, 4) is 5.75 Å². The molecule has 0 aliphatic rings. The number of ether oxygens (including phenoxy) is 1. The van der Waals surface area contributed by atoms with E-state index in [0.29, 0.717) is 5.16 Å². The van der Waals surface area contributed by atoms with Gasteiger partial charge in [-0.3, -0.25) is 4.79 Å². The molecule has 1 N–H and O–H groups in total. The molecule has 110 valence electrons. The number of nitrogens with one attached hydrogen (secondary N) is 1. The summed E-state index contributed by atoms with van der Waals surface area (Å²) in [7, 11) is 1.60. The van der Waals surface area contributed by atoms with E-state index in [9.17, 15) is 4.79 Å². The van der Waals surface area contributed by atoms with E-state index in [0.717, 1.165) is 22.8 Å². The van der Waals surface area contributed by atoms with Gasteiger partial charge in [0.05, 0.1) is 24.3 Å². The number of hydrogen-bond donors (Lipinski definition) is 1. The lowest BCUT2D eigenvalue weighted by atomic mass is 10.3. The Hall–Kier alpha value is -2.15. The summed E-state index contributed by atoms with van der Waals surface area (Å²) in [5, 5.41) is 11.2. The number of carbonyl (C=O) groups is 1. The number of hydrogen-bond acceptors (Lipinski definition) is 6. The van der Waals surface area contributed by atoms with Gasteiger partial charge >= 0.3 is 0 Å². The van der Waals surface area contributed by atoms with Crippen LogP contribution in [-0.2, 0) is 4.79 Å². The molecule has 21 heavy (non-hydrogen) atoms. The molecule has 0 saturated carbocycles. The van der Waals surface area contributed by atoms with Crippen LogP contribution in [0, 0.1) is 13.8 Å². The third-order valence-electron chi connectivity index (χ3n) is 2.78. The monoisotopic (exact) mass is 304 g/mol. The number of carbonyl (C=O) groups excluding carboxylic acids is 1. The van der Waals surface area contributed by atoms with E-state index in [4.69, 9.17) is 4.74 Å². The molecule has 0 aliphatic carbocycles. The van der Waals surface area contributed by atoms with E-state index < -0.39 is 0 Å². The predicted octanol–water partition coefficient (Wildman–Crippen LogP) is 2.23. The molecule has 0 fully saturated rings. The first-order chi connectivity index (χ1) is 10.1. The number of anilines is 1. The number of rotatable bonds is 5. The maximum atomic E-state index is 11.9. The van der Waals surface area contributed by atoms with Crippen LogP contribution < -0.4 is 10.1 Å². The molecular formula is C14H16N4O2S. The second kappa shape index (κ2) is 7.03. The minimum Gasteiger partial charge on any atom is -0.497 e. The fraction of sp³-hybridized carbons (Fsp3) is 0.286. The van der Waals surface area contributed by atoms with Gasteiger partial charge in [-0.25, -0.2) is 4.98 Å². The van der Waals surface area contributed by atoms with Crippen molar-refractivity contribution < 1.29 is 9.53 Å². The van der Waals surface area contributed by atoms with E-state index in [2.05, 4.69) is 20.5 Å². The summed E-state index contributed by atoms with van der Waals surface area (Å²) < 4.78 is 5.06. The molecule has 1 aromatic heterocycles. The van der Waals surface area contributed by atoms with Crippen molar-refractivity contribution in [3.05, 3.63) is 35.7 Å². The first-order valence-electron chi connectivity index (χ1n) is 6.33. The Kier molecular flexibility index (Phi) is 5.10. The normalized spacial score (nSPS) is 10.2. The molecule has 0 saturated heterocycles. The predicted molar refractivity (Wildman–Crippen MR) is 81.6 cm³/mol. The quantitative estimate of drug-likeness (QED) is 0.854. The summed E-state index contributed by atoms with van der Waals surface area (Å²) in [4.78, 5) is 16.1. The number of nitrogens with zero attached hydrogens (tertiary/aromatic N) is 3. The standard InChI is InChI=1S/C14H16N4O2S/c1-9-10(2)17-18-14(15-9)21-8-13(19)16-11-4-6-12(20-3)7-5-11/h4-7H,8H2,1-3H3,(H,16,19). The van der Waals surface area contributed by atoms with Gasteiger partial charge in [0.25, 0.3) is 0 Å². The Morgan fingerprint density at radius 3 is 2.52 bits per heavy atom. The molecule has 6 nitrogen and oxygen atoms in total. The van der Waals surface area contributed by atoms with E-state index in [1.807, 2.05) is 13.8 Å². The summed E-state index contributed by atoms with van der Waals surface area (Å²) >= 11 is 1.26. The van der Waals surface area contributed by atoms with Crippen molar-refractivity contribution in [2.45, 2.75) is 19.0 Å². The molecule has 0 atom stereocenters. The lowest BCUT2D eigenvalue weighted by Gasteiger charge is -2.06. The Labute approximate surface area is 127 Å². The highest BCUT2D eigenvalue weighted by atomic mass is 32.2. The molecule has 0 unspecified atom stereocenters. The van der Waals surface area contributed by atoms with Gasteiger partial charge in [0.15, 0.2) is 0 Å². The lowest BCUT2D eigenvalue weighted by Crippen LogP contribution is -2.14. The van der Waals surface area contributed by atoms with Crippen molar-refractivity contribution in [3.63, 3.8) is 0 Å². The molecule has 0 spiro atoms. The molecule has 1 amide bonds. The Morgan fingerprint density at radius 1 is 1.19 bits per heavy atom. The van der Waals surface area contributed by atoms with Gasteiger partial charge in [-0.05, 0) is 38.1 Å². The van der Waals surface area contributed by atoms with Crippen LogP contribution in [0.15, 0.2) is 29.4 Å². The van der Waals surface area contributed by atoms with Crippen LogP contribution in [0.4, 0.5) is 5.69 Å². The summed E-state index contributed by atoms with van der Waals surface area (Å²) in [5.41, 5.74) is 2.34. The van der Waals surface area contributed by atoms with Crippen molar-refractivity contribution in [2.75, 3.05) is 18.2 Å². The molecule has 0 aliphatic heterocycles. The fourth-order valence-corrected chi connectivity index (χ4v) is 2.13. The first kappa shape index (κ1) is 15.2. The van der Waals surface area contributed by atoms with Crippen molar-refractivity contribution in [2.24, 2.45) is 0 Å². The number of benzene rings is 1. The van der Waals surface area contributed by atoms with E-state index >= 15 is 0 Å². The summed E-state index contributed by atoms with van der Waals surface area (Å²) in [6.45, 7) is 3.71. The zero-order valence-electron chi connectivity index (χ0n) is 12.1. The van der Waals surface area contributed by atoms with Crippen LogP contribution in [0.1, 0.15) is 11.4 Å². The SMILES string of the molecule is COc1ccc(NC(=O)CSc2nnc(C)c(C)n2)cc1. The molecule has 0 bridgehead atoms. The molecular weight excluding hydrogens is 288 g/mol. The molecule has 1 heterocycles. The highest BCUT2D eigenvalue weighted by Crippen LogP contribution is 2.16. The van der Waals surface area contributed by atoms with Crippen molar-refractivity contribution in [1.29, 1.82) is 0 Å². The Balaban J connectivity index is 1.87. The largest absolute Gasteiger partial charge is 0.497 e. The van der Waals surface area contributed by atoms with E-state index in [1.165, 1.54) is 11.8 Å². The summed E-state index contributed by atoms with van der Waals surface area (Å²) in [5.74, 6) is 0.861. The van der Waals surface area contributed by atoms with Crippen LogP contribution in [0.25, 0.3) is 0 Å². The minimum absolute atomic E-state index is 0.119. The highest BCUT2D eigenvalue weighted by molar-refractivity contribution is 7.99. The maximum absolute atomic E-state index is 11.9. The summed E-state index contributed by atoms with van der Waals surface area (Å²) in [6, 6.07) is 7.16. The maximum Gasteiger partial charge on any atom is 0.234 e. The number of thioether (sulfide) groups is 1. The lowest BCUT2D eigenvalue weighted by molar-refractivity contribution is -0.113. The smallest absolute Gasteiger partial charge is 0.234 e. The summed E-state index contributed by atoms with van der Waals surface area (Å²) in [6.07, 6.45) is 0. The Morgan fingerprint density at radius 2 is 1.90 bits per heavy atom. The average Bonchev–Trinajstić information content (AvgIpc) is 2.49. The van der Waals surface area contributed by atoms with Gasteiger partial charge < -0.3 is 10.1 Å². The highest BCUT2D eigenvalue weighted by Gasteiger charge is 2.07. The van der Waals surface area contributed by atoms with Crippen LogP contribution in [-0.4, -0.2) is 34.0 Å². The van der Waals surface area contributed by atoms with Gasteiger partial charge in [0.2, 0.25) is 11.1 Å². The van der Waals surface area contributed by atoms with Gasteiger partial charge in [0.1, 0.15) is 5.75 Å². The van der Waals surface area contributed by atoms with E-state index in [1.54, 1.807) is 31.4 Å². The zero-order valence-corrected chi connectivity index (χ0v) is 12.9. The van der Waals surface area contributed by atoms with Gasteiger partial charge in [-0.2, -0.15) is 5.10 Å². The third kappa shape index (κ3) is 4.42. The van der Waals surface area contributed by atoms with Gasteiger partial charge in [-0.1, -0.05) is 11.8 Å². The number of methoxy groups -OCH3 is 1. The fourth-order valence-electron chi connectivity index (χ4n) is 1.50. The number of aryl methyl sites for hydroxylation is 2. The molecule has 2 aromatic rings. The van der Waals surface area contributed by atoms with Gasteiger partial charge in [0, 0.05) is 5.69 Å². The van der Waals surface area contributed by atoms with Crippen molar-refractivity contribution >= 4 is 23.4 Å². The minimum atomic E-state index is -0.119. The zero-order chi connectivity index (χ0) is 15.2. The Bertz CT molecular complexity index is 631. The first-order valence-corrected chi connectivity index (χ1v) is 7.31. The topological polar surface area (TPSA) is 77.0 Å². The molecule has 1 aromatic carbocycles. The second-order valence-corrected chi connectivity index (χ2v) is 5.27. The number of aromatic nitrogens is 3. The third-order valence-corrected chi connectivity index (χ3v) is 3.62. The van der Waals surface area contributed by atoms with Crippen molar-refractivity contribution in [1.82, 2.24) is 15.2 Å². The molecule has 7 heteroatoms. The molecule has 0 radical (unpaired) electrons. The van der Waals surface area contributed by atoms with Crippen LogP contribution in [0.3, 0.4) is 0 Å². The average molecular weight is 304 g/mol. The van der Waals surface area contributed by atoms with Crippen LogP contribution in [0.2, 0.25) is 0 Å². The molecule has 2 rings (SSSR count). The van der Waals surface area contributed by atoms with E-state index in [-0.39, 0.29) is 11.7 Å².